The van der Waals surface area contributed by atoms with E-state index in [2.05, 4.69) is 4.74 Å². The maximum Gasteiger partial charge on any atom is 0.338 e. The molecule has 5 heteroatoms. The van der Waals surface area contributed by atoms with Crippen molar-refractivity contribution in [3.8, 4) is 0 Å². The average molecular weight is 257 g/mol. The number of carboxylic acid groups (broad SMARTS) is 1. The summed E-state index contributed by atoms with van der Waals surface area (Å²) in [4.78, 5) is 21.8. The van der Waals surface area contributed by atoms with Crippen LogP contribution in [-0.2, 0) is 21.8 Å². The number of halogens is 1. The number of esters is 1. The topological polar surface area (TPSA) is 63.6 Å². The van der Waals surface area contributed by atoms with Crippen molar-refractivity contribution in [2.75, 3.05) is 7.11 Å². The van der Waals surface area contributed by atoms with E-state index in [-0.39, 0.29) is 12.3 Å². The van der Waals surface area contributed by atoms with Crippen LogP contribution < -0.4 is 0 Å². The normalized spacial score (nSPS) is 10.0. The lowest BCUT2D eigenvalue weighted by Gasteiger charge is -2.07. The van der Waals surface area contributed by atoms with Gasteiger partial charge in [-0.3, -0.25) is 4.79 Å². The predicted molar refractivity (Wildman–Crippen MR) is 63.3 cm³/mol. The van der Waals surface area contributed by atoms with Gasteiger partial charge in [0.2, 0.25) is 0 Å². The molecule has 0 bridgehead atoms. The van der Waals surface area contributed by atoms with Crippen LogP contribution in [0, 0.1) is 0 Å². The second-order valence-electron chi connectivity index (χ2n) is 3.51. The first kappa shape index (κ1) is 13.5. The summed E-state index contributed by atoms with van der Waals surface area (Å²) in [5, 5.41) is 8.58. The highest BCUT2D eigenvalue weighted by atomic mass is 35.5. The smallest absolute Gasteiger partial charge is 0.338 e. The number of carbonyl (C=O) groups excluding carboxylic acids is 1. The van der Waals surface area contributed by atoms with Gasteiger partial charge >= 0.3 is 11.9 Å². The minimum Gasteiger partial charge on any atom is -0.481 e. The zero-order chi connectivity index (χ0) is 12.8. The molecule has 1 aromatic rings. The minimum absolute atomic E-state index is 0.0549. The molecule has 0 spiro atoms. The van der Waals surface area contributed by atoms with Gasteiger partial charge in [0.15, 0.2) is 0 Å². The number of carbonyl (C=O) groups is 2. The quantitative estimate of drug-likeness (QED) is 0.648. The third kappa shape index (κ3) is 3.75. The van der Waals surface area contributed by atoms with Gasteiger partial charge in [0.1, 0.15) is 0 Å². The molecule has 4 nitrogen and oxygen atoms in total. The number of rotatable bonds is 5. The maximum absolute atomic E-state index is 11.4. The minimum atomic E-state index is -0.852. The first-order valence-electron chi connectivity index (χ1n) is 5.06. The Balaban J connectivity index is 2.92. The van der Waals surface area contributed by atoms with E-state index >= 15 is 0 Å². The summed E-state index contributed by atoms with van der Waals surface area (Å²) >= 11 is 5.74. The van der Waals surface area contributed by atoms with Crippen molar-refractivity contribution >= 4 is 23.5 Å². The van der Waals surface area contributed by atoms with Gasteiger partial charge in [0, 0.05) is 12.3 Å². The highest BCUT2D eigenvalue weighted by molar-refractivity contribution is 6.17. The fourth-order valence-electron chi connectivity index (χ4n) is 1.47. The molecule has 0 aromatic heterocycles. The molecule has 1 N–H and O–H groups in total. The molecule has 92 valence electrons. The zero-order valence-corrected chi connectivity index (χ0v) is 10.2. The van der Waals surface area contributed by atoms with Crippen molar-refractivity contribution < 1.29 is 19.4 Å². The summed E-state index contributed by atoms with van der Waals surface area (Å²) in [7, 11) is 1.30. The van der Waals surface area contributed by atoms with Gasteiger partial charge < -0.3 is 9.84 Å². The van der Waals surface area contributed by atoms with Gasteiger partial charge in [-0.2, -0.15) is 0 Å². The third-order valence-electron chi connectivity index (χ3n) is 2.35. The molecule has 0 saturated heterocycles. The molecule has 0 unspecified atom stereocenters. The fourth-order valence-corrected chi connectivity index (χ4v) is 1.69. The Labute approximate surface area is 104 Å². The molecule has 0 aliphatic carbocycles. The number of hydrogen-bond donors (Lipinski definition) is 1. The number of alkyl halides is 1. The van der Waals surface area contributed by atoms with Crippen LogP contribution in [-0.4, -0.2) is 24.2 Å². The Morgan fingerprint density at radius 3 is 2.65 bits per heavy atom. The highest BCUT2D eigenvalue weighted by Crippen LogP contribution is 2.16. The van der Waals surface area contributed by atoms with E-state index < -0.39 is 11.9 Å². The van der Waals surface area contributed by atoms with Crippen LogP contribution in [0.5, 0.6) is 0 Å². The molecule has 0 radical (unpaired) electrons. The fraction of sp³-hybridized carbons (Fsp3) is 0.333. The van der Waals surface area contributed by atoms with E-state index in [1.165, 1.54) is 7.11 Å². The van der Waals surface area contributed by atoms with Gasteiger partial charge in [-0.15, -0.1) is 11.6 Å². The van der Waals surface area contributed by atoms with Gasteiger partial charge in [0.05, 0.1) is 12.7 Å². The number of ether oxygens (including phenoxy) is 1. The summed E-state index contributed by atoms with van der Waals surface area (Å²) in [6.07, 6.45) is 0.472. The van der Waals surface area contributed by atoms with Crippen LogP contribution in [0.2, 0.25) is 0 Å². The number of aryl methyl sites for hydroxylation is 1. The zero-order valence-electron chi connectivity index (χ0n) is 9.40. The van der Waals surface area contributed by atoms with Crippen LogP contribution in [0.15, 0.2) is 18.2 Å². The molecule has 17 heavy (non-hydrogen) atoms. The van der Waals surface area contributed by atoms with E-state index in [0.29, 0.717) is 17.5 Å². The average Bonchev–Trinajstić information content (AvgIpc) is 2.34. The van der Waals surface area contributed by atoms with Gasteiger partial charge in [-0.1, -0.05) is 12.1 Å². The lowest BCUT2D eigenvalue weighted by molar-refractivity contribution is -0.136. The Morgan fingerprint density at radius 2 is 2.12 bits per heavy atom. The molecular formula is C12H13ClO4. The molecule has 1 aromatic carbocycles. The summed E-state index contributed by atoms with van der Waals surface area (Å²) in [6, 6.07) is 5.06. The summed E-state index contributed by atoms with van der Waals surface area (Å²) in [5.41, 5.74) is 1.92. The van der Waals surface area contributed by atoms with Crippen molar-refractivity contribution in [3.05, 3.63) is 34.9 Å². The molecule has 0 atom stereocenters. The number of methoxy groups -OCH3 is 1. The van der Waals surface area contributed by atoms with Crippen LogP contribution in [0.4, 0.5) is 0 Å². The van der Waals surface area contributed by atoms with Crippen molar-refractivity contribution in [3.63, 3.8) is 0 Å². The Morgan fingerprint density at radius 1 is 1.41 bits per heavy atom. The van der Waals surface area contributed by atoms with E-state index in [4.69, 9.17) is 16.7 Å². The van der Waals surface area contributed by atoms with Crippen molar-refractivity contribution in [1.82, 2.24) is 0 Å². The monoisotopic (exact) mass is 256 g/mol. The summed E-state index contributed by atoms with van der Waals surface area (Å²) < 4.78 is 4.63. The van der Waals surface area contributed by atoms with Crippen molar-refractivity contribution in [1.29, 1.82) is 0 Å². The maximum atomic E-state index is 11.4. The van der Waals surface area contributed by atoms with Gasteiger partial charge in [-0.25, -0.2) is 4.79 Å². The summed E-state index contributed by atoms with van der Waals surface area (Å²) in [6.45, 7) is 0. The Kier molecular flexibility index (Phi) is 4.97. The molecular weight excluding hydrogens is 244 g/mol. The first-order chi connectivity index (χ1) is 8.08. The largest absolute Gasteiger partial charge is 0.481 e. The van der Waals surface area contributed by atoms with E-state index in [9.17, 15) is 9.59 Å². The number of benzene rings is 1. The Bertz CT molecular complexity index is 429. The lowest BCUT2D eigenvalue weighted by Crippen LogP contribution is -2.06. The van der Waals surface area contributed by atoms with Crippen molar-refractivity contribution in [2.24, 2.45) is 0 Å². The van der Waals surface area contributed by atoms with Crippen molar-refractivity contribution in [2.45, 2.75) is 18.7 Å². The van der Waals surface area contributed by atoms with Crippen LogP contribution in [0.1, 0.15) is 27.9 Å². The third-order valence-corrected chi connectivity index (χ3v) is 2.63. The Hall–Kier alpha value is -1.55. The molecule has 0 heterocycles. The SMILES string of the molecule is COC(=O)c1ccc(CCC(=O)O)cc1CCl. The summed E-state index contributed by atoms with van der Waals surface area (Å²) in [5.74, 6) is -1.11. The molecule has 1 rings (SSSR count). The molecule has 0 aliphatic heterocycles. The van der Waals surface area contributed by atoms with Gasteiger partial charge in [-0.05, 0) is 23.6 Å². The van der Waals surface area contributed by atoms with Crippen LogP contribution >= 0.6 is 11.6 Å². The molecule has 0 saturated carbocycles. The molecule has 0 aliphatic rings. The molecule has 0 amide bonds. The second kappa shape index (κ2) is 6.25. The number of hydrogen-bond acceptors (Lipinski definition) is 3. The van der Waals surface area contributed by atoms with E-state index in [1.807, 2.05) is 0 Å². The predicted octanol–water partition coefficient (Wildman–Crippen LogP) is 2.23. The lowest BCUT2D eigenvalue weighted by atomic mass is 10.0. The number of aliphatic carboxylic acids is 1. The van der Waals surface area contributed by atoms with Crippen LogP contribution in [0.3, 0.4) is 0 Å². The standard InChI is InChI=1S/C12H13ClO4/c1-17-12(16)10-4-2-8(3-5-11(14)15)6-9(10)7-13/h2,4,6H,3,5,7H2,1H3,(H,14,15). The number of carboxylic acids is 1. The second-order valence-corrected chi connectivity index (χ2v) is 3.78. The van der Waals surface area contributed by atoms with E-state index in [1.54, 1.807) is 18.2 Å². The van der Waals surface area contributed by atoms with Crippen LogP contribution in [0.25, 0.3) is 0 Å². The highest BCUT2D eigenvalue weighted by Gasteiger charge is 2.11. The van der Waals surface area contributed by atoms with Gasteiger partial charge in [0.25, 0.3) is 0 Å². The molecule has 0 fully saturated rings. The van der Waals surface area contributed by atoms with E-state index in [0.717, 1.165) is 5.56 Å². The first-order valence-corrected chi connectivity index (χ1v) is 5.59.